The van der Waals surface area contributed by atoms with Crippen molar-refractivity contribution < 1.29 is 14.3 Å². The second-order valence-electron chi connectivity index (χ2n) is 8.68. The first-order valence-corrected chi connectivity index (χ1v) is 10.6. The summed E-state index contributed by atoms with van der Waals surface area (Å²) in [6.45, 7) is 3.19. The number of aliphatic hydroxyl groups is 1. The minimum Gasteiger partial charge on any atom is -0.385 e. The number of hydrogen-bond acceptors (Lipinski definition) is 6. The van der Waals surface area contributed by atoms with Crippen LogP contribution in [0.5, 0.6) is 0 Å². The van der Waals surface area contributed by atoms with Gasteiger partial charge in [-0.05, 0) is 49.3 Å². The van der Waals surface area contributed by atoms with Gasteiger partial charge in [0.15, 0.2) is 0 Å². The van der Waals surface area contributed by atoms with Gasteiger partial charge in [-0.15, -0.1) is 0 Å². The van der Waals surface area contributed by atoms with E-state index in [0.29, 0.717) is 11.3 Å². The van der Waals surface area contributed by atoms with E-state index in [1.165, 1.54) is 6.07 Å². The molecular weight excluding hydrogens is 399 g/mol. The number of piperidine rings is 1. The van der Waals surface area contributed by atoms with E-state index < -0.39 is 11.9 Å². The summed E-state index contributed by atoms with van der Waals surface area (Å²) in [4.78, 5) is 31.0. The number of carbonyl (C=O) groups is 1. The first-order chi connectivity index (χ1) is 15.0. The topological polar surface area (TPSA) is 107 Å². The van der Waals surface area contributed by atoms with E-state index in [1.807, 2.05) is 12.3 Å². The maximum absolute atomic E-state index is 13.4. The van der Waals surface area contributed by atoms with Crippen LogP contribution in [0, 0.1) is 24.1 Å². The third kappa shape index (κ3) is 3.63. The van der Waals surface area contributed by atoms with Crippen molar-refractivity contribution in [1.82, 2.24) is 25.3 Å². The molecule has 4 heterocycles. The van der Waals surface area contributed by atoms with Crippen molar-refractivity contribution in [2.24, 2.45) is 11.3 Å². The Bertz CT molecular complexity index is 1130. The number of pyridine rings is 1. The molecule has 0 aromatic carbocycles. The van der Waals surface area contributed by atoms with E-state index >= 15 is 0 Å². The molecule has 1 saturated carbocycles. The Morgan fingerprint density at radius 3 is 3.03 bits per heavy atom. The lowest BCUT2D eigenvalue weighted by atomic mass is 9.81. The number of rotatable bonds is 5. The zero-order valence-electron chi connectivity index (χ0n) is 17.3. The minimum absolute atomic E-state index is 0.0375. The molecule has 162 valence electrons. The number of aliphatic hydroxyl groups excluding tert-OH is 1. The highest BCUT2D eigenvalue weighted by Crippen LogP contribution is 2.56. The standard InChI is InChI=1S/C22H25FN6O2/c1-13-8-17(25-9-16(13)23)18(30)10-26-21(31)15-3-7-29(11-22(15)4-5-22)20-14-2-6-24-19(14)27-12-28-20/h2,6,8-9,12,15,18,30H,3-5,7,10-11H2,1H3,(H,26,31)(H,24,27,28)/t15-,18-/m0/s1. The van der Waals surface area contributed by atoms with Gasteiger partial charge in [-0.25, -0.2) is 14.4 Å². The maximum atomic E-state index is 13.4. The second kappa shape index (κ2) is 7.56. The molecule has 9 heteroatoms. The average molecular weight is 424 g/mol. The zero-order valence-corrected chi connectivity index (χ0v) is 17.3. The van der Waals surface area contributed by atoms with Crippen molar-refractivity contribution in [3.63, 3.8) is 0 Å². The molecule has 1 amide bonds. The van der Waals surface area contributed by atoms with Crippen molar-refractivity contribution in [3.05, 3.63) is 47.9 Å². The molecule has 3 aromatic rings. The van der Waals surface area contributed by atoms with Crippen molar-refractivity contribution in [2.45, 2.75) is 32.3 Å². The van der Waals surface area contributed by atoms with Crippen LogP contribution in [0.25, 0.3) is 11.0 Å². The summed E-state index contributed by atoms with van der Waals surface area (Å²) in [6.07, 6.45) is 6.29. The predicted molar refractivity (Wildman–Crippen MR) is 113 cm³/mol. The first-order valence-electron chi connectivity index (χ1n) is 10.6. The minimum atomic E-state index is -0.971. The van der Waals surface area contributed by atoms with E-state index in [-0.39, 0.29) is 23.8 Å². The number of nitrogens with zero attached hydrogens (tertiary/aromatic N) is 4. The number of halogens is 1. The van der Waals surface area contributed by atoms with Gasteiger partial charge < -0.3 is 20.3 Å². The Morgan fingerprint density at radius 2 is 2.26 bits per heavy atom. The summed E-state index contributed by atoms with van der Waals surface area (Å²) in [5.41, 5.74) is 1.54. The van der Waals surface area contributed by atoms with Crippen molar-refractivity contribution in [3.8, 4) is 0 Å². The average Bonchev–Trinajstić information content (AvgIpc) is 3.34. The Hall–Kier alpha value is -3.07. The van der Waals surface area contributed by atoms with Gasteiger partial charge in [0.1, 0.15) is 29.7 Å². The van der Waals surface area contributed by atoms with Gasteiger partial charge >= 0.3 is 0 Å². The van der Waals surface area contributed by atoms with E-state index in [9.17, 15) is 14.3 Å². The van der Waals surface area contributed by atoms with Crippen LogP contribution in [-0.4, -0.2) is 50.6 Å². The van der Waals surface area contributed by atoms with Crippen LogP contribution in [0.15, 0.2) is 30.9 Å². The number of fused-ring (bicyclic) bond motifs is 1. The second-order valence-corrected chi connectivity index (χ2v) is 8.68. The summed E-state index contributed by atoms with van der Waals surface area (Å²) >= 11 is 0. The lowest BCUT2D eigenvalue weighted by Gasteiger charge is -2.39. The molecule has 5 rings (SSSR count). The molecule has 31 heavy (non-hydrogen) atoms. The van der Waals surface area contributed by atoms with E-state index in [1.54, 1.807) is 13.3 Å². The van der Waals surface area contributed by atoms with Crippen molar-refractivity contribution in [1.29, 1.82) is 0 Å². The van der Waals surface area contributed by atoms with Crippen LogP contribution in [-0.2, 0) is 4.79 Å². The summed E-state index contributed by atoms with van der Waals surface area (Å²) in [7, 11) is 0. The van der Waals surface area contributed by atoms with Crippen LogP contribution in [0.4, 0.5) is 10.2 Å². The Kier molecular flexibility index (Phi) is 4.85. The Morgan fingerprint density at radius 1 is 1.42 bits per heavy atom. The van der Waals surface area contributed by atoms with Crippen LogP contribution < -0.4 is 10.2 Å². The van der Waals surface area contributed by atoms with Crippen LogP contribution in [0.1, 0.15) is 36.6 Å². The van der Waals surface area contributed by atoms with Gasteiger partial charge in [0.2, 0.25) is 5.91 Å². The number of amides is 1. The van der Waals surface area contributed by atoms with Gasteiger partial charge in [0.25, 0.3) is 0 Å². The third-order valence-corrected chi connectivity index (χ3v) is 6.65. The fraction of sp³-hybridized carbons (Fsp3) is 0.455. The third-order valence-electron chi connectivity index (χ3n) is 6.65. The fourth-order valence-electron chi connectivity index (χ4n) is 4.70. The van der Waals surface area contributed by atoms with E-state index in [0.717, 1.165) is 55.4 Å². The lowest BCUT2D eigenvalue weighted by Crippen LogP contribution is -2.48. The van der Waals surface area contributed by atoms with E-state index in [4.69, 9.17) is 0 Å². The number of anilines is 1. The molecule has 8 nitrogen and oxygen atoms in total. The molecule has 1 aliphatic heterocycles. The lowest BCUT2D eigenvalue weighted by molar-refractivity contribution is -0.128. The SMILES string of the molecule is Cc1cc([C@@H](O)CNC(=O)[C@@H]2CCN(c3ncnc4[nH]ccc34)CC23CC3)ncc1F. The number of aromatic nitrogens is 4. The Labute approximate surface area is 178 Å². The number of hydrogen-bond donors (Lipinski definition) is 3. The van der Waals surface area contributed by atoms with Crippen LogP contribution in [0.3, 0.4) is 0 Å². The number of carbonyl (C=O) groups excluding carboxylic acids is 1. The summed E-state index contributed by atoms with van der Waals surface area (Å²) in [5, 5.41) is 14.3. The van der Waals surface area contributed by atoms with Gasteiger partial charge in [-0.2, -0.15) is 0 Å². The van der Waals surface area contributed by atoms with E-state index in [2.05, 4.69) is 30.2 Å². The molecule has 3 aromatic heterocycles. The smallest absolute Gasteiger partial charge is 0.223 e. The molecule has 0 radical (unpaired) electrons. The molecule has 2 fully saturated rings. The summed E-state index contributed by atoms with van der Waals surface area (Å²) in [5.74, 6) is 0.361. The van der Waals surface area contributed by atoms with Gasteiger partial charge in [0.05, 0.1) is 17.3 Å². The monoisotopic (exact) mass is 424 g/mol. The highest BCUT2D eigenvalue weighted by Gasteiger charge is 2.55. The largest absolute Gasteiger partial charge is 0.385 e. The molecule has 0 bridgehead atoms. The predicted octanol–water partition coefficient (Wildman–Crippen LogP) is 2.26. The summed E-state index contributed by atoms with van der Waals surface area (Å²) < 4.78 is 13.4. The highest BCUT2D eigenvalue weighted by atomic mass is 19.1. The molecule has 2 aliphatic rings. The van der Waals surface area contributed by atoms with Crippen LogP contribution in [0.2, 0.25) is 0 Å². The maximum Gasteiger partial charge on any atom is 0.223 e. The fourth-order valence-corrected chi connectivity index (χ4v) is 4.70. The first kappa shape index (κ1) is 19.9. The number of aryl methyl sites for hydroxylation is 1. The normalized spacial score (nSPS) is 20.7. The number of aromatic amines is 1. The van der Waals surface area contributed by atoms with Gasteiger partial charge in [-0.3, -0.25) is 9.78 Å². The van der Waals surface area contributed by atoms with Gasteiger partial charge in [0, 0.05) is 31.7 Å². The van der Waals surface area contributed by atoms with Gasteiger partial charge in [-0.1, -0.05) is 0 Å². The molecule has 1 saturated heterocycles. The molecule has 1 aliphatic carbocycles. The Balaban J connectivity index is 1.24. The summed E-state index contributed by atoms with van der Waals surface area (Å²) in [6, 6.07) is 3.49. The highest BCUT2D eigenvalue weighted by molar-refractivity contribution is 5.87. The van der Waals surface area contributed by atoms with Crippen molar-refractivity contribution >= 4 is 22.8 Å². The van der Waals surface area contributed by atoms with Crippen LogP contribution >= 0.6 is 0 Å². The number of nitrogens with one attached hydrogen (secondary N) is 2. The zero-order chi connectivity index (χ0) is 21.6. The molecule has 1 spiro atoms. The molecular formula is C22H25FN6O2. The molecule has 2 atom stereocenters. The van der Waals surface area contributed by atoms with Crippen molar-refractivity contribution in [2.75, 3.05) is 24.5 Å². The quantitative estimate of drug-likeness (QED) is 0.580. The molecule has 0 unspecified atom stereocenters. The number of H-pyrrole nitrogens is 1. The molecule has 3 N–H and O–H groups in total.